The Kier molecular flexibility index (Phi) is 2.63. The zero-order valence-electron chi connectivity index (χ0n) is 10.5. The van der Waals surface area contributed by atoms with Crippen LogP contribution in [0.2, 0.25) is 0 Å². The molecule has 0 spiro atoms. The standard InChI is InChI=1S/C15H15N3O/c16-13-4-1-11-8-18(9-12(11)7-13)14-5-2-10(3-6-14)15(17)19/h1-7H,8-9,16H2,(H2,17,19). The lowest BCUT2D eigenvalue weighted by molar-refractivity contribution is 0.100. The van der Waals surface area contributed by atoms with Crippen molar-refractivity contribution in [3.63, 3.8) is 0 Å². The molecule has 4 nitrogen and oxygen atoms in total. The molecule has 0 radical (unpaired) electrons. The molecule has 4 heteroatoms. The van der Waals surface area contributed by atoms with Gasteiger partial charge in [-0.2, -0.15) is 0 Å². The Hall–Kier alpha value is -2.49. The predicted octanol–water partition coefficient (Wildman–Crippen LogP) is 1.89. The van der Waals surface area contributed by atoms with Crippen molar-refractivity contribution in [1.82, 2.24) is 0 Å². The zero-order chi connectivity index (χ0) is 13.4. The molecule has 0 saturated carbocycles. The molecule has 0 atom stereocenters. The van der Waals surface area contributed by atoms with Crippen LogP contribution in [-0.4, -0.2) is 5.91 Å². The minimum Gasteiger partial charge on any atom is -0.399 e. The number of fused-ring (bicyclic) bond motifs is 1. The smallest absolute Gasteiger partial charge is 0.248 e. The second kappa shape index (κ2) is 4.31. The predicted molar refractivity (Wildman–Crippen MR) is 75.7 cm³/mol. The molecule has 3 rings (SSSR count). The molecular weight excluding hydrogens is 238 g/mol. The summed E-state index contributed by atoms with van der Waals surface area (Å²) >= 11 is 0. The summed E-state index contributed by atoms with van der Waals surface area (Å²) in [5.41, 5.74) is 16.0. The van der Waals surface area contributed by atoms with Crippen LogP contribution < -0.4 is 16.4 Å². The van der Waals surface area contributed by atoms with Crippen LogP contribution in [0.5, 0.6) is 0 Å². The monoisotopic (exact) mass is 253 g/mol. The first-order valence-corrected chi connectivity index (χ1v) is 6.15. The van der Waals surface area contributed by atoms with Crippen molar-refractivity contribution in [3.8, 4) is 0 Å². The number of nitrogens with two attached hydrogens (primary N) is 2. The molecule has 1 aliphatic rings. The van der Waals surface area contributed by atoms with Gasteiger partial charge in [0.25, 0.3) is 0 Å². The molecule has 96 valence electrons. The fourth-order valence-corrected chi connectivity index (χ4v) is 2.43. The Morgan fingerprint density at radius 3 is 2.37 bits per heavy atom. The molecule has 0 aromatic heterocycles. The van der Waals surface area contributed by atoms with Crippen molar-refractivity contribution in [2.75, 3.05) is 10.6 Å². The quantitative estimate of drug-likeness (QED) is 0.803. The summed E-state index contributed by atoms with van der Waals surface area (Å²) in [5, 5.41) is 0. The van der Waals surface area contributed by atoms with Gasteiger partial charge in [-0.25, -0.2) is 0 Å². The number of hydrogen-bond donors (Lipinski definition) is 2. The Morgan fingerprint density at radius 1 is 1.00 bits per heavy atom. The van der Waals surface area contributed by atoms with E-state index in [0.717, 1.165) is 24.5 Å². The molecule has 0 saturated heterocycles. The molecule has 0 fully saturated rings. The molecule has 2 aromatic carbocycles. The lowest BCUT2D eigenvalue weighted by atomic mass is 10.1. The number of anilines is 2. The van der Waals surface area contributed by atoms with Crippen molar-refractivity contribution < 1.29 is 4.79 Å². The number of primary amides is 1. The van der Waals surface area contributed by atoms with Crippen LogP contribution in [0.1, 0.15) is 21.5 Å². The van der Waals surface area contributed by atoms with Crippen LogP contribution in [0.4, 0.5) is 11.4 Å². The average Bonchev–Trinajstić information content (AvgIpc) is 2.81. The van der Waals surface area contributed by atoms with E-state index >= 15 is 0 Å². The normalized spacial score (nSPS) is 13.4. The van der Waals surface area contributed by atoms with Gasteiger partial charge in [0.15, 0.2) is 0 Å². The second-order valence-electron chi connectivity index (χ2n) is 4.80. The topological polar surface area (TPSA) is 72.4 Å². The van der Waals surface area contributed by atoms with Crippen LogP contribution in [0.15, 0.2) is 42.5 Å². The minimum atomic E-state index is -0.399. The zero-order valence-corrected chi connectivity index (χ0v) is 10.5. The number of carbonyl (C=O) groups excluding carboxylic acids is 1. The van der Waals surface area contributed by atoms with Crippen LogP contribution >= 0.6 is 0 Å². The van der Waals surface area contributed by atoms with E-state index in [-0.39, 0.29) is 0 Å². The number of nitrogen functional groups attached to an aromatic ring is 1. The van der Waals surface area contributed by atoms with E-state index in [2.05, 4.69) is 11.0 Å². The molecule has 0 aliphatic carbocycles. The number of nitrogens with zero attached hydrogens (tertiary/aromatic N) is 1. The third-order valence-electron chi connectivity index (χ3n) is 3.47. The Morgan fingerprint density at radius 2 is 1.68 bits per heavy atom. The van der Waals surface area contributed by atoms with Gasteiger partial charge in [0.05, 0.1) is 0 Å². The van der Waals surface area contributed by atoms with E-state index < -0.39 is 5.91 Å². The van der Waals surface area contributed by atoms with E-state index in [1.54, 1.807) is 12.1 Å². The highest BCUT2D eigenvalue weighted by Gasteiger charge is 2.19. The summed E-state index contributed by atoms with van der Waals surface area (Å²) in [4.78, 5) is 13.3. The van der Waals surface area contributed by atoms with E-state index in [1.165, 1.54) is 11.1 Å². The van der Waals surface area contributed by atoms with Gasteiger partial charge in [0.2, 0.25) is 5.91 Å². The maximum atomic E-state index is 11.0. The molecule has 1 amide bonds. The van der Waals surface area contributed by atoms with E-state index in [4.69, 9.17) is 11.5 Å². The SMILES string of the molecule is NC(=O)c1ccc(N2Cc3ccc(N)cc3C2)cc1. The van der Waals surface area contributed by atoms with Crippen molar-refractivity contribution in [3.05, 3.63) is 59.2 Å². The van der Waals surface area contributed by atoms with Gasteiger partial charge in [-0.3, -0.25) is 4.79 Å². The number of carbonyl (C=O) groups is 1. The first-order chi connectivity index (χ1) is 9.13. The number of hydrogen-bond acceptors (Lipinski definition) is 3. The summed E-state index contributed by atoms with van der Waals surface area (Å²) < 4.78 is 0. The van der Waals surface area contributed by atoms with Crippen LogP contribution in [-0.2, 0) is 13.1 Å². The van der Waals surface area contributed by atoms with Crippen LogP contribution in [0.25, 0.3) is 0 Å². The van der Waals surface area contributed by atoms with Crippen LogP contribution in [0, 0.1) is 0 Å². The molecule has 2 aromatic rings. The second-order valence-corrected chi connectivity index (χ2v) is 4.80. The summed E-state index contributed by atoms with van der Waals surface area (Å²) in [6.45, 7) is 1.71. The highest BCUT2D eigenvalue weighted by Crippen LogP contribution is 2.29. The summed E-state index contributed by atoms with van der Waals surface area (Å²) in [7, 11) is 0. The maximum absolute atomic E-state index is 11.0. The van der Waals surface area contributed by atoms with Gasteiger partial charge in [-0.05, 0) is 47.5 Å². The highest BCUT2D eigenvalue weighted by molar-refractivity contribution is 5.93. The third kappa shape index (κ3) is 2.12. The Balaban J connectivity index is 1.84. The average molecular weight is 253 g/mol. The Labute approximate surface area is 111 Å². The number of rotatable bonds is 2. The van der Waals surface area contributed by atoms with Gasteiger partial charge in [0, 0.05) is 30.0 Å². The van der Waals surface area contributed by atoms with E-state index in [0.29, 0.717) is 5.56 Å². The Bertz CT molecular complexity index is 634. The minimum absolute atomic E-state index is 0.399. The summed E-state index contributed by atoms with van der Waals surface area (Å²) in [5.74, 6) is -0.399. The maximum Gasteiger partial charge on any atom is 0.248 e. The largest absolute Gasteiger partial charge is 0.399 e. The fourth-order valence-electron chi connectivity index (χ4n) is 2.43. The molecule has 1 heterocycles. The highest BCUT2D eigenvalue weighted by atomic mass is 16.1. The van der Waals surface area contributed by atoms with Gasteiger partial charge < -0.3 is 16.4 Å². The number of benzene rings is 2. The summed E-state index contributed by atoms with van der Waals surface area (Å²) in [6.07, 6.45) is 0. The van der Waals surface area contributed by atoms with Gasteiger partial charge in [-0.1, -0.05) is 6.07 Å². The van der Waals surface area contributed by atoms with Gasteiger partial charge >= 0.3 is 0 Å². The first-order valence-electron chi connectivity index (χ1n) is 6.15. The molecular formula is C15H15N3O. The molecule has 1 aliphatic heterocycles. The lowest BCUT2D eigenvalue weighted by Gasteiger charge is -2.17. The molecule has 19 heavy (non-hydrogen) atoms. The number of amides is 1. The fraction of sp³-hybridized carbons (Fsp3) is 0.133. The summed E-state index contributed by atoms with van der Waals surface area (Å²) in [6, 6.07) is 13.4. The van der Waals surface area contributed by atoms with Crippen molar-refractivity contribution in [2.45, 2.75) is 13.1 Å². The third-order valence-corrected chi connectivity index (χ3v) is 3.47. The first kappa shape index (κ1) is 11.6. The van der Waals surface area contributed by atoms with Crippen molar-refractivity contribution >= 4 is 17.3 Å². The van der Waals surface area contributed by atoms with Gasteiger partial charge in [-0.15, -0.1) is 0 Å². The molecule has 0 bridgehead atoms. The van der Waals surface area contributed by atoms with E-state index in [1.807, 2.05) is 24.3 Å². The van der Waals surface area contributed by atoms with Crippen LogP contribution in [0.3, 0.4) is 0 Å². The van der Waals surface area contributed by atoms with Crippen molar-refractivity contribution in [2.24, 2.45) is 5.73 Å². The molecule has 0 unspecified atom stereocenters. The van der Waals surface area contributed by atoms with Crippen molar-refractivity contribution in [1.29, 1.82) is 0 Å². The van der Waals surface area contributed by atoms with Gasteiger partial charge in [0.1, 0.15) is 0 Å². The molecule has 4 N–H and O–H groups in total. The lowest BCUT2D eigenvalue weighted by Crippen LogP contribution is -2.15. The van der Waals surface area contributed by atoms with E-state index in [9.17, 15) is 4.79 Å².